The number of terminal acetylenes is 1. The molecule has 0 bridgehead atoms. The summed E-state index contributed by atoms with van der Waals surface area (Å²) in [5.74, 6) is 0.294. The lowest BCUT2D eigenvalue weighted by Crippen LogP contribution is -2.40. The zero-order valence-electron chi connectivity index (χ0n) is 22.1. The number of carbonyl (C=O) groups excluding carboxylic acids is 3. The summed E-state index contributed by atoms with van der Waals surface area (Å²) in [6, 6.07) is 13.1. The third kappa shape index (κ3) is 6.87. The summed E-state index contributed by atoms with van der Waals surface area (Å²) in [6.45, 7) is 3.77. The maximum Gasteiger partial charge on any atom is 0.310 e. The minimum atomic E-state index is -0.831. The summed E-state index contributed by atoms with van der Waals surface area (Å²) >= 11 is 6.56. The van der Waals surface area contributed by atoms with Crippen molar-refractivity contribution < 1.29 is 14.4 Å². The average Bonchev–Trinajstić information content (AvgIpc) is 3.83. The highest BCUT2D eigenvalue weighted by molar-refractivity contribution is 6.35. The Morgan fingerprint density at radius 3 is 2.44 bits per heavy atom. The molecule has 202 valence electrons. The van der Waals surface area contributed by atoms with Crippen molar-refractivity contribution in [1.29, 1.82) is 0 Å². The lowest BCUT2D eigenvalue weighted by Gasteiger charge is -2.21. The average molecular weight is 546 g/mol. The van der Waals surface area contributed by atoms with Crippen LogP contribution in [0.25, 0.3) is 5.57 Å². The van der Waals surface area contributed by atoms with Crippen LogP contribution < -0.4 is 21.7 Å². The highest BCUT2D eigenvalue weighted by Gasteiger charge is 2.46. The molecule has 0 atom stereocenters. The predicted molar refractivity (Wildman–Crippen MR) is 153 cm³/mol. The molecule has 2 fully saturated rings. The first-order valence-corrected chi connectivity index (χ1v) is 13.2. The summed E-state index contributed by atoms with van der Waals surface area (Å²) in [7, 11) is 0. The van der Waals surface area contributed by atoms with Gasteiger partial charge in [0.25, 0.3) is 5.91 Å². The third-order valence-corrected chi connectivity index (χ3v) is 7.00. The topological polar surface area (TPSA) is 126 Å². The van der Waals surface area contributed by atoms with E-state index in [1.807, 2.05) is 32.0 Å². The first-order valence-electron chi connectivity index (χ1n) is 12.9. The fourth-order valence-electron chi connectivity index (χ4n) is 4.53. The van der Waals surface area contributed by atoms with Crippen LogP contribution in [0.1, 0.15) is 66.6 Å². The van der Waals surface area contributed by atoms with Crippen LogP contribution in [0, 0.1) is 12.3 Å². The Morgan fingerprint density at radius 2 is 1.79 bits per heavy atom. The van der Waals surface area contributed by atoms with E-state index >= 15 is 0 Å². The molecule has 4 rings (SSSR count). The van der Waals surface area contributed by atoms with Gasteiger partial charge >= 0.3 is 11.8 Å². The minimum absolute atomic E-state index is 0.00372. The molecule has 0 saturated heterocycles. The van der Waals surface area contributed by atoms with Crippen molar-refractivity contribution in [3.63, 3.8) is 0 Å². The summed E-state index contributed by atoms with van der Waals surface area (Å²) in [5.41, 5.74) is 10.8. The quantitative estimate of drug-likeness (QED) is 0.219. The van der Waals surface area contributed by atoms with Crippen LogP contribution in [0.5, 0.6) is 0 Å². The molecule has 9 heteroatoms. The van der Waals surface area contributed by atoms with Gasteiger partial charge in [0.2, 0.25) is 0 Å². The fourth-order valence-corrected chi connectivity index (χ4v) is 4.77. The van der Waals surface area contributed by atoms with E-state index in [0.717, 1.165) is 48.1 Å². The molecule has 0 heterocycles. The molecule has 0 unspecified atom stereocenters. The molecule has 2 aliphatic carbocycles. The summed E-state index contributed by atoms with van der Waals surface area (Å²) in [6.07, 6.45) is 8.80. The van der Waals surface area contributed by atoms with Crippen molar-refractivity contribution in [2.24, 2.45) is 10.7 Å². The van der Waals surface area contributed by atoms with Gasteiger partial charge in [-0.05, 0) is 80.5 Å². The number of amides is 3. The van der Waals surface area contributed by atoms with Crippen molar-refractivity contribution in [3.8, 4) is 12.3 Å². The number of nitrogens with two attached hydrogens (primary N) is 1. The number of aliphatic imine (C=N–C) groups is 1. The van der Waals surface area contributed by atoms with Crippen molar-refractivity contribution >= 4 is 40.6 Å². The van der Waals surface area contributed by atoms with Crippen molar-refractivity contribution in [1.82, 2.24) is 16.0 Å². The SMILES string of the molecule is C#CCNC(=O)C(=O)NCc1ccccc1C(=O)NC1(c2cc(Cl)cc(/C(C(C)=NC3CC3)=C(\C)N)c2)CC1. The number of nitrogens with zero attached hydrogens (tertiary/aromatic N) is 1. The second-order valence-electron chi connectivity index (χ2n) is 10.00. The van der Waals surface area contributed by atoms with Gasteiger partial charge in [0.15, 0.2) is 0 Å². The lowest BCUT2D eigenvalue weighted by atomic mass is 9.94. The Morgan fingerprint density at radius 1 is 1.10 bits per heavy atom. The van der Waals surface area contributed by atoms with Gasteiger partial charge < -0.3 is 21.7 Å². The highest BCUT2D eigenvalue weighted by atomic mass is 35.5. The van der Waals surface area contributed by atoms with Gasteiger partial charge in [-0.15, -0.1) is 6.42 Å². The molecule has 8 nitrogen and oxygen atoms in total. The van der Waals surface area contributed by atoms with Gasteiger partial charge in [0.1, 0.15) is 0 Å². The molecule has 2 saturated carbocycles. The molecule has 0 aromatic heterocycles. The van der Waals surface area contributed by atoms with E-state index in [1.54, 1.807) is 24.3 Å². The normalized spacial score (nSPS) is 16.4. The van der Waals surface area contributed by atoms with Crippen LogP contribution in [0.4, 0.5) is 0 Å². The van der Waals surface area contributed by atoms with E-state index in [0.29, 0.717) is 27.9 Å². The largest absolute Gasteiger partial charge is 0.402 e. The standard InChI is InChI=1S/C30H32ClN5O3/c1-4-13-33-28(38)29(39)34-17-20-7-5-6-8-25(20)27(37)36-30(11-12-30)22-14-21(15-23(31)16-22)26(18(2)32)19(3)35-24-9-10-24/h1,5-8,14-16,24H,9-13,17,32H2,2-3H3,(H,33,38)(H,34,39)(H,36,37)/b26-18+,35-19?. The van der Waals surface area contributed by atoms with Gasteiger partial charge in [0, 0.05) is 34.1 Å². The zero-order chi connectivity index (χ0) is 28.2. The van der Waals surface area contributed by atoms with Crippen molar-refractivity contribution in [2.45, 2.75) is 57.7 Å². The number of carbonyl (C=O) groups is 3. The molecule has 39 heavy (non-hydrogen) atoms. The number of halogens is 1. The van der Waals surface area contributed by atoms with Crippen LogP contribution in [-0.4, -0.2) is 36.0 Å². The Labute approximate surface area is 233 Å². The van der Waals surface area contributed by atoms with Crippen LogP contribution in [0.15, 0.2) is 53.2 Å². The Hall–Kier alpha value is -4.09. The summed E-state index contributed by atoms with van der Waals surface area (Å²) in [5, 5.41) is 8.58. The Balaban J connectivity index is 1.53. The molecule has 0 aliphatic heterocycles. The first kappa shape index (κ1) is 27.9. The lowest BCUT2D eigenvalue weighted by molar-refractivity contribution is -0.139. The number of hydrogen-bond donors (Lipinski definition) is 4. The molecule has 2 aromatic rings. The fraction of sp³-hybridized carbons (Fsp3) is 0.333. The monoisotopic (exact) mass is 545 g/mol. The maximum absolute atomic E-state index is 13.5. The van der Waals surface area contributed by atoms with Gasteiger partial charge in [-0.3, -0.25) is 19.4 Å². The number of nitrogens with one attached hydrogen (secondary N) is 3. The van der Waals surface area contributed by atoms with E-state index in [2.05, 4.69) is 21.9 Å². The van der Waals surface area contributed by atoms with Crippen molar-refractivity contribution in [2.75, 3.05) is 6.54 Å². The van der Waals surface area contributed by atoms with Crippen molar-refractivity contribution in [3.05, 3.63) is 75.4 Å². The van der Waals surface area contributed by atoms with E-state index in [4.69, 9.17) is 28.8 Å². The number of allylic oxidation sites excluding steroid dienone is 2. The molecule has 0 radical (unpaired) electrons. The van der Waals surface area contributed by atoms with Gasteiger partial charge in [-0.2, -0.15) is 0 Å². The minimum Gasteiger partial charge on any atom is -0.402 e. The summed E-state index contributed by atoms with van der Waals surface area (Å²) in [4.78, 5) is 42.1. The number of benzene rings is 2. The number of rotatable bonds is 9. The molecular weight excluding hydrogens is 514 g/mol. The maximum atomic E-state index is 13.5. The Bertz CT molecular complexity index is 1410. The third-order valence-electron chi connectivity index (χ3n) is 6.78. The van der Waals surface area contributed by atoms with E-state index in [-0.39, 0.29) is 19.0 Å². The first-order chi connectivity index (χ1) is 18.6. The molecule has 3 amide bonds. The van der Waals surface area contributed by atoms with Gasteiger partial charge in [-0.1, -0.05) is 35.7 Å². The molecule has 5 N–H and O–H groups in total. The van der Waals surface area contributed by atoms with E-state index < -0.39 is 17.4 Å². The van der Waals surface area contributed by atoms with E-state index in [1.165, 1.54) is 0 Å². The van der Waals surface area contributed by atoms with Gasteiger partial charge in [-0.25, -0.2) is 0 Å². The second kappa shape index (κ2) is 11.7. The Kier molecular flexibility index (Phi) is 8.41. The van der Waals surface area contributed by atoms with Crippen LogP contribution in [-0.2, 0) is 21.7 Å². The van der Waals surface area contributed by atoms with Gasteiger partial charge in [0.05, 0.1) is 18.1 Å². The smallest absolute Gasteiger partial charge is 0.310 e. The van der Waals surface area contributed by atoms with E-state index in [9.17, 15) is 14.4 Å². The second-order valence-corrected chi connectivity index (χ2v) is 10.4. The number of hydrogen-bond acceptors (Lipinski definition) is 5. The molecular formula is C30H32ClN5O3. The summed E-state index contributed by atoms with van der Waals surface area (Å²) < 4.78 is 0. The van der Waals surface area contributed by atoms with Crippen LogP contribution in [0.3, 0.4) is 0 Å². The molecule has 2 aliphatic rings. The molecule has 2 aromatic carbocycles. The molecule has 0 spiro atoms. The van der Waals surface area contributed by atoms with Crippen LogP contribution >= 0.6 is 11.6 Å². The van der Waals surface area contributed by atoms with Crippen LogP contribution in [0.2, 0.25) is 5.02 Å². The predicted octanol–water partition coefficient (Wildman–Crippen LogP) is 3.44. The highest BCUT2D eigenvalue weighted by Crippen LogP contribution is 2.47. The zero-order valence-corrected chi connectivity index (χ0v) is 22.8.